The van der Waals surface area contributed by atoms with E-state index in [4.69, 9.17) is 9.47 Å². The highest BCUT2D eigenvalue weighted by atomic mass is 16.7. The number of carbonyl (C=O) groups excluding carboxylic acids is 1. The first kappa shape index (κ1) is 15.1. The zero-order valence-electron chi connectivity index (χ0n) is 13.3. The van der Waals surface area contributed by atoms with Crippen LogP contribution in [-0.4, -0.2) is 49.6 Å². The summed E-state index contributed by atoms with van der Waals surface area (Å²) in [5.74, 6) is 1.40. The van der Waals surface area contributed by atoms with Crippen LogP contribution in [0, 0.1) is 17.8 Å². The minimum Gasteiger partial charge on any atom is -0.348 e. The third kappa shape index (κ3) is 3.51. The van der Waals surface area contributed by atoms with Gasteiger partial charge in [-0.2, -0.15) is 0 Å². The first-order valence-electron chi connectivity index (χ1n) is 8.36. The molecule has 0 spiro atoms. The SMILES string of the molecule is C[C@H](CNC(=O)N1C[C@H]2CCC[C@@H]2C1)CC1(C)OCCO1. The van der Waals surface area contributed by atoms with Gasteiger partial charge in [0.15, 0.2) is 5.79 Å². The maximum absolute atomic E-state index is 12.3. The summed E-state index contributed by atoms with van der Waals surface area (Å²) >= 11 is 0. The second-order valence-electron chi connectivity index (χ2n) is 7.18. The number of rotatable bonds is 4. The highest BCUT2D eigenvalue weighted by Crippen LogP contribution is 2.37. The summed E-state index contributed by atoms with van der Waals surface area (Å²) in [4.78, 5) is 14.3. The molecule has 0 bridgehead atoms. The van der Waals surface area contributed by atoms with Crippen LogP contribution in [0.1, 0.15) is 39.5 Å². The van der Waals surface area contributed by atoms with Crippen molar-refractivity contribution in [2.24, 2.45) is 17.8 Å². The van der Waals surface area contributed by atoms with Crippen LogP contribution in [0.5, 0.6) is 0 Å². The van der Waals surface area contributed by atoms with Gasteiger partial charge in [-0.15, -0.1) is 0 Å². The molecule has 5 nitrogen and oxygen atoms in total. The van der Waals surface area contributed by atoms with E-state index >= 15 is 0 Å². The lowest BCUT2D eigenvalue weighted by atomic mass is 10.0. The largest absolute Gasteiger partial charge is 0.348 e. The Morgan fingerprint density at radius 1 is 1.29 bits per heavy atom. The van der Waals surface area contributed by atoms with Gasteiger partial charge in [0.05, 0.1) is 13.2 Å². The molecule has 1 saturated carbocycles. The van der Waals surface area contributed by atoms with Crippen LogP contribution in [0.4, 0.5) is 4.79 Å². The van der Waals surface area contributed by atoms with E-state index in [-0.39, 0.29) is 6.03 Å². The fourth-order valence-corrected chi connectivity index (χ4v) is 4.15. The second kappa shape index (κ2) is 6.13. The minimum absolute atomic E-state index is 0.106. The topological polar surface area (TPSA) is 50.8 Å². The van der Waals surface area contributed by atoms with Crippen molar-refractivity contribution in [3.63, 3.8) is 0 Å². The van der Waals surface area contributed by atoms with Gasteiger partial charge in [0.25, 0.3) is 0 Å². The Hall–Kier alpha value is -0.810. The van der Waals surface area contributed by atoms with Crippen LogP contribution in [0.25, 0.3) is 0 Å². The summed E-state index contributed by atoms with van der Waals surface area (Å²) in [5, 5.41) is 3.08. The molecule has 3 rings (SSSR count). The van der Waals surface area contributed by atoms with Crippen LogP contribution in [0.2, 0.25) is 0 Å². The van der Waals surface area contributed by atoms with Crippen molar-refractivity contribution in [3.05, 3.63) is 0 Å². The molecule has 120 valence electrons. The molecule has 0 radical (unpaired) electrons. The Labute approximate surface area is 127 Å². The van der Waals surface area contributed by atoms with Crippen molar-refractivity contribution in [3.8, 4) is 0 Å². The van der Waals surface area contributed by atoms with E-state index in [1.807, 2.05) is 11.8 Å². The molecule has 2 amide bonds. The average Bonchev–Trinajstić information content (AvgIpc) is 3.11. The number of hydrogen-bond donors (Lipinski definition) is 1. The van der Waals surface area contributed by atoms with E-state index in [1.54, 1.807) is 0 Å². The van der Waals surface area contributed by atoms with Gasteiger partial charge in [-0.25, -0.2) is 4.79 Å². The van der Waals surface area contributed by atoms with Gasteiger partial charge in [-0.1, -0.05) is 13.3 Å². The molecule has 0 aromatic rings. The predicted molar refractivity (Wildman–Crippen MR) is 79.9 cm³/mol. The summed E-state index contributed by atoms with van der Waals surface area (Å²) in [6, 6.07) is 0.106. The molecule has 2 saturated heterocycles. The monoisotopic (exact) mass is 296 g/mol. The number of urea groups is 1. The van der Waals surface area contributed by atoms with E-state index in [9.17, 15) is 4.79 Å². The zero-order chi connectivity index (χ0) is 14.9. The van der Waals surface area contributed by atoms with E-state index in [2.05, 4.69) is 12.2 Å². The molecule has 2 heterocycles. The van der Waals surface area contributed by atoms with Gasteiger partial charge >= 0.3 is 6.03 Å². The summed E-state index contributed by atoms with van der Waals surface area (Å²) in [6.45, 7) is 8.06. The molecule has 0 aromatic carbocycles. The van der Waals surface area contributed by atoms with Gasteiger partial charge in [0, 0.05) is 26.1 Å². The lowest BCUT2D eigenvalue weighted by Crippen LogP contribution is -2.41. The molecular formula is C16H28N2O3. The molecular weight excluding hydrogens is 268 g/mol. The van der Waals surface area contributed by atoms with Crippen molar-refractivity contribution in [1.29, 1.82) is 0 Å². The fourth-order valence-electron chi connectivity index (χ4n) is 4.15. The summed E-state index contributed by atoms with van der Waals surface area (Å²) < 4.78 is 11.2. The highest BCUT2D eigenvalue weighted by Gasteiger charge is 2.38. The van der Waals surface area contributed by atoms with Crippen molar-refractivity contribution in [2.45, 2.75) is 45.3 Å². The number of hydrogen-bond acceptors (Lipinski definition) is 3. The van der Waals surface area contributed by atoms with Crippen molar-refractivity contribution < 1.29 is 14.3 Å². The molecule has 3 atom stereocenters. The molecule has 1 N–H and O–H groups in total. The summed E-state index contributed by atoms with van der Waals surface area (Å²) in [7, 11) is 0. The number of fused-ring (bicyclic) bond motifs is 1. The molecule has 0 unspecified atom stereocenters. The Kier molecular flexibility index (Phi) is 4.41. The van der Waals surface area contributed by atoms with Gasteiger partial charge in [0.1, 0.15) is 0 Å². The quantitative estimate of drug-likeness (QED) is 0.865. The van der Waals surface area contributed by atoms with Crippen LogP contribution in [0.3, 0.4) is 0 Å². The summed E-state index contributed by atoms with van der Waals surface area (Å²) in [6.07, 6.45) is 4.77. The van der Waals surface area contributed by atoms with Crippen LogP contribution in [-0.2, 0) is 9.47 Å². The number of nitrogens with zero attached hydrogens (tertiary/aromatic N) is 1. The van der Waals surface area contributed by atoms with Crippen molar-refractivity contribution in [2.75, 3.05) is 32.8 Å². The molecule has 3 aliphatic rings. The van der Waals surface area contributed by atoms with E-state index in [0.717, 1.165) is 31.3 Å². The van der Waals surface area contributed by atoms with Crippen LogP contribution in [0.15, 0.2) is 0 Å². The maximum Gasteiger partial charge on any atom is 0.317 e. The Morgan fingerprint density at radius 3 is 2.52 bits per heavy atom. The number of ether oxygens (including phenoxy) is 2. The van der Waals surface area contributed by atoms with Crippen molar-refractivity contribution in [1.82, 2.24) is 10.2 Å². The normalized spacial score (nSPS) is 32.2. The molecule has 1 aliphatic carbocycles. The lowest BCUT2D eigenvalue weighted by Gasteiger charge is -2.26. The first-order valence-corrected chi connectivity index (χ1v) is 8.36. The zero-order valence-corrected chi connectivity index (χ0v) is 13.3. The predicted octanol–water partition coefficient (Wildman–Crippen LogP) is 2.22. The minimum atomic E-state index is -0.463. The third-order valence-corrected chi connectivity index (χ3v) is 5.23. The van der Waals surface area contributed by atoms with E-state index in [1.165, 1.54) is 19.3 Å². The van der Waals surface area contributed by atoms with Gasteiger partial charge < -0.3 is 19.7 Å². The number of likely N-dealkylation sites (tertiary alicyclic amines) is 1. The third-order valence-electron chi connectivity index (χ3n) is 5.23. The maximum atomic E-state index is 12.3. The molecule has 3 fully saturated rings. The van der Waals surface area contributed by atoms with Gasteiger partial charge in [0.2, 0.25) is 0 Å². The molecule has 5 heteroatoms. The number of amides is 2. The molecule has 0 aromatic heterocycles. The highest BCUT2D eigenvalue weighted by molar-refractivity contribution is 5.74. The molecule has 2 aliphatic heterocycles. The van der Waals surface area contributed by atoms with E-state index < -0.39 is 5.79 Å². The second-order valence-corrected chi connectivity index (χ2v) is 7.18. The number of carbonyl (C=O) groups is 1. The Morgan fingerprint density at radius 2 is 1.90 bits per heavy atom. The molecule has 21 heavy (non-hydrogen) atoms. The van der Waals surface area contributed by atoms with E-state index in [0.29, 0.717) is 25.7 Å². The first-order chi connectivity index (χ1) is 10.1. The van der Waals surface area contributed by atoms with Crippen LogP contribution >= 0.6 is 0 Å². The average molecular weight is 296 g/mol. The smallest absolute Gasteiger partial charge is 0.317 e. The number of nitrogens with one attached hydrogen (secondary N) is 1. The lowest BCUT2D eigenvalue weighted by molar-refractivity contribution is -0.153. The van der Waals surface area contributed by atoms with Crippen LogP contribution < -0.4 is 5.32 Å². The summed E-state index contributed by atoms with van der Waals surface area (Å²) in [5.41, 5.74) is 0. The van der Waals surface area contributed by atoms with Gasteiger partial charge in [-0.05, 0) is 37.5 Å². The fraction of sp³-hybridized carbons (Fsp3) is 0.938. The Bertz CT molecular complexity index is 370. The standard InChI is InChI=1S/C16H28N2O3/c1-12(8-16(2)20-6-7-21-16)9-17-15(19)18-10-13-4-3-5-14(13)11-18/h12-14H,3-11H2,1-2H3,(H,17,19)/t12-,13+,14+/m0/s1. The Balaban J connectivity index is 1.39. The van der Waals surface area contributed by atoms with Gasteiger partial charge in [-0.3, -0.25) is 0 Å². The van der Waals surface area contributed by atoms with Crippen molar-refractivity contribution >= 4 is 6.03 Å².